The number of rotatable bonds is 8. The van der Waals surface area contributed by atoms with Crippen molar-refractivity contribution in [3.05, 3.63) is 30.6 Å². The Hall–Kier alpha value is -1.39. The van der Waals surface area contributed by atoms with E-state index >= 15 is 0 Å². The van der Waals surface area contributed by atoms with Crippen molar-refractivity contribution in [1.29, 1.82) is 0 Å². The number of para-hydroxylation sites is 2. The van der Waals surface area contributed by atoms with Gasteiger partial charge >= 0.3 is 0 Å². The van der Waals surface area contributed by atoms with E-state index in [2.05, 4.69) is 47.8 Å². The number of imidazole rings is 1. The normalized spacial score (nSPS) is 14.7. The van der Waals surface area contributed by atoms with Crippen molar-refractivity contribution >= 4 is 11.0 Å². The molecule has 1 aromatic carbocycles. The number of aliphatic hydroxyl groups is 1. The smallest absolute Gasteiger partial charge is 0.0958 e. The molecule has 1 unspecified atom stereocenters. The molecular formula is C17H27N3O. The van der Waals surface area contributed by atoms with Crippen LogP contribution in [0.1, 0.15) is 40.0 Å². The first kappa shape index (κ1) is 16.0. The summed E-state index contributed by atoms with van der Waals surface area (Å²) in [5, 5.41) is 13.0. The second-order valence-electron chi connectivity index (χ2n) is 6.40. The van der Waals surface area contributed by atoms with Crippen LogP contribution in [-0.4, -0.2) is 32.8 Å². The number of aryl methyl sites for hydroxylation is 1. The number of hydrogen-bond donors (Lipinski definition) is 2. The standard InChI is InChI=1S/C17H27N3O/c1-14(2)19-17(3,12-21)10-6-7-11-20-13-18-15-8-4-5-9-16(15)20/h4-5,8-9,13-14,19,21H,6-7,10-12H2,1-3H3. The molecule has 2 rings (SSSR count). The minimum Gasteiger partial charge on any atom is -0.394 e. The van der Waals surface area contributed by atoms with Gasteiger partial charge in [-0.3, -0.25) is 0 Å². The van der Waals surface area contributed by atoms with Gasteiger partial charge in [0, 0.05) is 18.1 Å². The molecule has 1 atom stereocenters. The summed E-state index contributed by atoms with van der Waals surface area (Å²) in [5.41, 5.74) is 2.08. The van der Waals surface area contributed by atoms with Gasteiger partial charge in [-0.1, -0.05) is 26.0 Å². The molecule has 0 spiro atoms. The van der Waals surface area contributed by atoms with Gasteiger partial charge in [0.15, 0.2) is 0 Å². The Morgan fingerprint density at radius 3 is 2.76 bits per heavy atom. The second kappa shape index (κ2) is 7.05. The first-order chi connectivity index (χ1) is 10.0. The quantitative estimate of drug-likeness (QED) is 0.735. The van der Waals surface area contributed by atoms with Gasteiger partial charge in [0.25, 0.3) is 0 Å². The van der Waals surface area contributed by atoms with Crippen LogP contribution in [0.15, 0.2) is 30.6 Å². The average molecular weight is 289 g/mol. The van der Waals surface area contributed by atoms with E-state index in [1.165, 1.54) is 5.52 Å². The van der Waals surface area contributed by atoms with E-state index in [0.717, 1.165) is 31.3 Å². The third-order valence-corrected chi connectivity index (χ3v) is 3.89. The van der Waals surface area contributed by atoms with E-state index in [1.807, 2.05) is 18.5 Å². The molecule has 4 heteroatoms. The number of benzene rings is 1. The van der Waals surface area contributed by atoms with Crippen LogP contribution in [0.4, 0.5) is 0 Å². The third kappa shape index (κ3) is 4.29. The molecule has 0 amide bonds. The fourth-order valence-electron chi connectivity index (χ4n) is 2.88. The van der Waals surface area contributed by atoms with E-state index < -0.39 is 0 Å². The lowest BCUT2D eigenvalue weighted by molar-refractivity contribution is 0.153. The van der Waals surface area contributed by atoms with Crippen molar-refractivity contribution in [2.24, 2.45) is 0 Å². The summed E-state index contributed by atoms with van der Waals surface area (Å²) < 4.78 is 2.21. The number of nitrogens with one attached hydrogen (secondary N) is 1. The van der Waals surface area contributed by atoms with Gasteiger partial charge in [0.05, 0.1) is 24.0 Å². The Morgan fingerprint density at radius 2 is 2.05 bits per heavy atom. The molecule has 21 heavy (non-hydrogen) atoms. The van der Waals surface area contributed by atoms with Crippen molar-refractivity contribution in [1.82, 2.24) is 14.9 Å². The van der Waals surface area contributed by atoms with Crippen molar-refractivity contribution in [2.45, 2.75) is 58.2 Å². The highest BCUT2D eigenvalue weighted by atomic mass is 16.3. The highest BCUT2D eigenvalue weighted by molar-refractivity contribution is 5.74. The summed E-state index contributed by atoms with van der Waals surface area (Å²) in [5.74, 6) is 0. The monoisotopic (exact) mass is 289 g/mol. The zero-order valence-corrected chi connectivity index (χ0v) is 13.3. The van der Waals surface area contributed by atoms with Gasteiger partial charge in [-0.25, -0.2) is 4.98 Å². The highest BCUT2D eigenvalue weighted by Crippen LogP contribution is 2.17. The van der Waals surface area contributed by atoms with Crippen molar-refractivity contribution in [3.8, 4) is 0 Å². The lowest BCUT2D eigenvalue weighted by Crippen LogP contribution is -2.49. The summed E-state index contributed by atoms with van der Waals surface area (Å²) in [6.07, 6.45) is 5.08. The Labute approximate surface area is 127 Å². The summed E-state index contributed by atoms with van der Waals surface area (Å²) in [7, 11) is 0. The van der Waals surface area contributed by atoms with Crippen LogP contribution in [0, 0.1) is 0 Å². The van der Waals surface area contributed by atoms with Gasteiger partial charge in [-0.15, -0.1) is 0 Å². The number of fused-ring (bicyclic) bond motifs is 1. The minimum atomic E-state index is -0.175. The molecule has 1 aromatic heterocycles. The zero-order valence-electron chi connectivity index (χ0n) is 13.3. The lowest BCUT2D eigenvalue weighted by Gasteiger charge is -2.31. The molecule has 0 aliphatic rings. The van der Waals surface area contributed by atoms with Crippen LogP contribution in [-0.2, 0) is 6.54 Å². The maximum atomic E-state index is 9.58. The van der Waals surface area contributed by atoms with Crippen molar-refractivity contribution in [2.75, 3.05) is 6.61 Å². The summed E-state index contributed by atoms with van der Waals surface area (Å²) in [6.45, 7) is 7.49. The molecule has 0 aliphatic heterocycles. The summed E-state index contributed by atoms with van der Waals surface area (Å²) >= 11 is 0. The van der Waals surface area contributed by atoms with E-state index in [-0.39, 0.29) is 12.1 Å². The Bertz CT molecular complexity index is 564. The fourth-order valence-corrected chi connectivity index (χ4v) is 2.88. The largest absolute Gasteiger partial charge is 0.394 e. The van der Waals surface area contributed by atoms with Crippen LogP contribution in [0.3, 0.4) is 0 Å². The SMILES string of the molecule is CC(C)NC(C)(CO)CCCCn1cnc2ccccc21. The van der Waals surface area contributed by atoms with E-state index in [0.29, 0.717) is 6.04 Å². The topological polar surface area (TPSA) is 50.1 Å². The summed E-state index contributed by atoms with van der Waals surface area (Å²) in [4.78, 5) is 4.41. The Kier molecular flexibility index (Phi) is 5.37. The zero-order chi connectivity index (χ0) is 15.3. The first-order valence-electron chi connectivity index (χ1n) is 7.82. The second-order valence-corrected chi connectivity index (χ2v) is 6.40. The van der Waals surface area contributed by atoms with E-state index in [4.69, 9.17) is 0 Å². The van der Waals surface area contributed by atoms with Crippen LogP contribution in [0.5, 0.6) is 0 Å². The molecule has 0 fully saturated rings. The van der Waals surface area contributed by atoms with Gasteiger partial charge in [0.2, 0.25) is 0 Å². The predicted molar refractivity (Wildman–Crippen MR) is 87.3 cm³/mol. The molecule has 0 radical (unpaired) electrons. The van der Waals surface area contributed by atoms with Crippen LogP contribution >= 0.6 is 0 Å². The predicted octanol–water partition coefficient (Wildman–Crippen LogP) is 2.96. The number of nitrogens with zero attached hydrogens (tertiary/aromatic N) is 2. The van der Waals surface area contributed by atoms with Gasteiger partial charge in [-0.05, 0) is 38.3 Å². The number of aromatic nitrogens is 2. The lowest BCUT2D eigenvalue weighted by atomic mass is 9.95. The van der Waals surface area contributed by atoms with E-state index in [1.54, 1.807) is 0 Å². The number of unbranched alkanes of at least 4 members (excludes halogenated alkanes) is 1. The molecule has 0 aliphatic carbocycles. The molecule has 2 N–H and O–H groups in total. The molecule has 1 heterocycles. The first-order valence-corrected chi connectivity index (χ1v) is 7.82. The minimum absolute atomic E-state index is 0.175. The van der Waals surface area contributed by atoms with E-state index in [9.17, 15) is 5.11 Å². The Morgan fingerprint density at radius 1 is 1.29 bits per heavy atom. The van der Waals surface area contributed by atoms with Gasteiger partial charge in [-0.2, -0.15) is 0 Å². The van der Waals surface area contributed by atoms with Gasteiger partial charge in [0.1, 0.15) is 0 Å². The molecule has 2 aromatic rings. The molecule has 0 bridgehead atoms. The fraction of sp³-hybridized carbons (Fsp3) is 0.588. The molecule has 4 nitrogen and oxygen atoms in total. The average Bonchev–Trinajstić information content (AvgIpc) is 2.86. The van der Waals surface area contributed by atoms with Crippen molar-refractivity contribution < 1.29 is 5.11 Å². The molecule has 116 valence electrons. The van der Waals surface area contributed by atoms with Crippen LogP contribution in [0.2, 0.25) is 0 Å². The maximum absolute atomic E-state index is 9.58. The molecule has 0 saturated carbocycles. The van der Waals surface area contributed by atoms with Crippen LogP contribution in [0.25, 0.3) is 11.0 Å². The van der Waals surface area contributed by atoms with Crippen LogP contribution < -0.4 is 5.32 Å². The van der Waals surface area contributed by atoms with Gasteiger partial charge < -0.3 is 15.0 Å². The number of aliphatic hydroxyl groups excluding tert-OH is 1. The number of hydrogen-bond acceptors (Lipinski definition) is 3. The molecular weight excluding hydrogens is 262 g/mol. The highest BCUT2D eigenvalue weighted by Gasteiger charge is 2.22. The van der Waals surface area contributed by atoms with Crippen molar-refractivity contribution in [3.63, 3.8) is 0 Å². The summed E-state index contributed by atoms with van der Waals surface area (Å²) in [6, 6.07) is 8.61. The third-order valence-electron chi connectivity index (χ3n) is 3.89. The maximum Gasteiger partial charge on any atom is 0.0958 e. The molecule has 0 saturated heterocycles. The Balaban J connectivity index is 1.84.